The Morgan fingerprint density at radius 2 is 1.60 bits per heavy atom. The number of benzene rings is 2. The third-order valence-electron chi connectivity index (χ3n) is 3.06. The van der Waals surface area contributed by atoms with Gasteiger partial charge in [-0.3, -0.25) is 4.79 Å². The fraction of sp³-hybridized carbons (Fsp3) is 0.125. The monoisotopic (exact) mass is 270 g/mol. The lowest BCUT2D eigenvalue weighted by Crippen LogP contribution is -2.04. The summed E-state index contributed by atoms with van der Waals surface area (Å²) < 4.78 is 4.91. The number of ether oxygens (including phenoxy) is 1. The van der Waals surface area contributed by atoms with Gasteiger partial charge in [0.25, 0.3) is 6.47 Å². The van der Waals surface area contributed by atoms with Crippen LogP contribution in [0.4, 0.5) is 0 Å². The summed E-state index contributed by atoms with van der Waals surface area (Å²) in [6.45, 7) is 0.393. The standard InChI is InChI=1S/C16H14O4/c17-11-20-15-8-4-2-6-13(15)10-9-12-5-1-3-7-14(12)16(18)19/h1-8,11H,9-10H2,(H,18,19). The molecule has 0 amide bonds. The number of hydrogen-bond donors (Lipinski definition) is 1. The van der Waals surface area contributed by atoms with E-state index in [1.807, 2.05) is 18.2 Å². The first kappa shape index (κ1) is 13.8. The zero-order chi connectivity index (χ0) is 14.4. The minimum Gasteiger partial charge on any atom is -0.478 e. The zero-order valence-corrected chi connectivity index (χ0v) is 10.8. The van der Waals surface area contributed by atoms with Gasteiger partial charge in [0.15, 0.2) is 0 Å². The summed E-state index contributed by atoms with van der Waals surface area (Å²) in [4.78, 5) is 21.6. The van der Waals surface area contributed by atoms with Crippen LogP contribution in [-0.2, 0) is 17.6 Å². The molecule has 0 aliphatic heterocycles. The summed E-state index contributed by atoms with van der Waals surface area (Å²) in [5, 5.41) is 9.13. The Hall–Kier alpha value is -2.62. The molecule has 2 rings (SSSR count). The van der Waals surface area contributed by atoms with Crippen molar-refractivity contribution in [2.75, 3.05) is 0 Å². The summed E-state index contributed by atoms with van der Waals surface area (Å²) in [5.41, 5.74) is 1.95. The highest BCUT2D eigenvalue weighted by Crippen LogP contribution is 2.20. The van der Waals surface area contributed by atoms with Crippen LogP contribution in [0.25, 0.3) is 0 Å². The molecule has 0 heterocycles. The van der Waals surface area contributed by atoms with Crippen molar-refractivity contribution in [3.8, 4) is 5.75 Å². The van der Waals surface area contributed by atoms with Crippen molar-refractivity contribution < 1.29 is 19.4 Å². The lowest BCUT2D eigenvalue weighted by Gasteiger charge is -2.08. The van der Waals surface area contributed by atoms with Crippen molar-refractivity contribution in [1.29, 1.82) is 0 Å². The van der Waals surface area contributed by atoms with Crippen molar-refractivity contribution in [2.24, 2.45) is 0 Å². The molecule has 0 aliphatic rings. The maximum atomic E-state index is 11.1. The summed E-state index contributed by atoms with van der Waals surface area (Å²) in [6.07, 6.45) is 1.18. The lowest BCUT2D eigenvalue weighted by molar-refractivity contribution is -0.120. The van der Waals surface area contributed by atoms with Crippen molar-refractivity contribution in [3.63, 3.8) is 0 Å². The molecule has 2 aromatic carbocycles. The highest BCUT2D eigenvalue weighted by Gasteiger charge is 2.10. The van der Waals surface area contributed by atoms with E-state index in [9.17, 15) is 9.59 Å². The van der Waals surface area contributed by atoms with Gasteiger partial charge in [-0.05, 0) is 36.1 Å². The number of carbonyl (C=O) groups is 2. The number of rotatable bonds is 6. The fourth-order valence-electron chi connectivity index (χ4n) is 2.09. The SMILES string of the molecule is O=COc1ccccc1CCc1ccccc1C(=O)O. The Labute approximate surface area is 116 Å². The van der Waals surface area contributed by atoms with Gasteiger partial charge < -0.3 is 9.84 Å². The van der Waals surface area contributed by atoms with Gasteiger partial charge in [-0.2, -0.15) is 0 Å². The molecule has 0 fully saturated rings. The topological polar surface area (TPSA) is 63.6 Å². The van der Waals surface area contributed by atoms with Crippen LogP contribution in [0.2, 0.25) is 0 Å². The Bertz CT molecular complexity index is 619. The number of hydrogen-bond acceptors (Lipinski definition) is 3. The minimum absolute atomic E-state index is 0.307. The average molecular weight is 270 g/mol. The quantitative estimate of drug-likeness (QED) is 0.820. The van der Waals surface area contributed by atoms with Crippen molar-refractivity contribution in [2.45, 2.75) is 12.8 Å². The van der Waals surface area contributed by atoms with E-state index >= 15 is 0 Å². The van der Waals surface area contributed by atoms with Gasteiger partial charge in [-0.25, -0.2) is 4.79 Å². The predicted octanol–water partition coefficient (Wildman–Crippen LogP) is 2.71. The molecule has 0 spiro atoms. The second-order valence-corrected chi connectivity index (χ2v) is 4.28. The lowest BCUT2D eigenvalue weighted by atomic mass is 9.99. The van der Waals surface area contributed by atoms with Gasteiger partial charge >= 0.3 is 5.97 Å². The number of carboxylic acids is 1. The summed E-state index contributed by atoms with van der Waals surface area (Å²) >= 11 is 0. The molecule has 4 heteroatoms. The molecular weight excluding hydrogens is 256 g/mol. The highest BCUT2D eigenvalue weighted by atomic mass is 16.5. The van der Waals surface area contributed by atoms with E-state index in [1.54, 1.807) is 30.3 Å². The number of aromatic carboxylic acids is 1. The normalized spacial score (nSPS) is 10.0. The van der Waals surface area contributed by atoms with Gasteiger partial charge in [-0.1, -0.05) is 36.4 Å². The maximum absolute atomic E-state index is 11.1. The molecule has 0 unspecified atom stereocenters. The van der Waals surface area contributed by atoms with Gasteiger partial charge in [-0.15, -0.1) is 0 Å². The predicted molar refractivity (Wildman–Crippen MR) is 73.9 cm³/mol. The van der Waals surface area contributed by atoms with Gasteiger partial charge in [0, 0.05) is 0 Å². The molecule has 1 N–H and O–H groups in total. The Balaban J connectivity index is 2.17. The van der Waals surface area contributed by atoms with Gasteiger partial charge in [0.1, 0.15) is 5.75 Å². The largest absolute Gasteiger partial charge is 0.478 e. The van der Waals surface area contributed by atoms with E-state index < -0.39 is 5.97 Å². The Kier molecular flexibility index (Phi) is 4.50. The van der Waals surface area contributed by atoms with E-state index in [4.69, 9.17) is 9.84 Å². The van der Waals surface area contributed by atoms with E-state index in [1.165, 1.54) is 0 Å². The molecule has 2 aromatic rings. The minimum atomic E-state index is -0.932. The second kappa shape index (κ2) is 6.52. The fourth-order valence-corrected chi connectivity index (χ4v) is 2.09. The van der Waals surface area contributed by atoms with Crippen LogP contribution >= 0.6 is 0 Å². The molecule has 0 radical (unpaired) electrons. The molecule has 102 valence electrons. The van der Waals surface area contributed by atoms with Gasteiger partial charge in [0.2, 0.25) is 0 Å². The number of carbonyl (C=O) groups excluding carboxylic acids is 1. The van der Waals surface area contributed by atoms with Crippen LogP contribution < -0.4 is 4.74 Å². The number of para-hydroxylation sites is 1. The first-order valence-electron chi connectivity index (χ1n) is 6.22. The molecule has 0 aromatic heterocycles. The molecule has 20 heavy (non-hydrogen) atoms. The highest BCUT2D eigenvalue weighted by molar-refractivity contribution is 5.89. The molecule has 0 saturated carbocycles. The van der Waals surface area contributed by atoms with E-state index in [-0.39, 0.29) is 0 Å². The van der Waals surface area contributed by atoms with Gasteiger partial charge in [0.05, 0.1) is 5.56 Å². The van der Waals surface area contributed by atoms with Crippen LogP contribution in [0.15, 0.2) is 48.5 Å². The third-order valence-corrected chi connectivity index (χ3v) is 3.06. The molecule has 0 atom stereocenters. The van der Waals surface area contributed by atoms with Crippen molar-refractivity contribution in [3.05, 3.63) is 65.2 Å². The molecule has 4 nitrogen and oxygen atoms in total. The zero-order valence-electron chi connectivity index (χ0n) is 10.8. The summed E-state index contributed by atoms with van der Waals surface area (Å²) in [5.74, 6) is -0.423. The molecule has 0 saturated heterocycles. The third kappa shape index (κ3) is 3.23. The smallest absolute Gasteiger partial charge is 0.335 e. The first-order valence-corrected chi connectivity index (χ1v) is 6.22. The summed E-state index contributed by atoms with van der Waals surface area (Å²) in [7, 11) is 0. The van der Waals surface area contributed by atoms with Crippen LogP contribution in [-0.4, -0.2) is 17.5 Å². The van der Waals surface area contributed by atoms with Crippen LogP contribution in [0, 0.1) is 0 Å². The van der Waals surface area contributed by atoms with Crippen molar-refractivity contribution >= 4 is 12.4 Å². The van der Waals surface area contributed by atoms with Crippen LogP contribution in [0.3, 0.4) is 0 Å². The van der Waals surface area contributed by atoms with E-state index in [0.717, 1.165) is 11.1 Å². The first-order chi connectivity index (χ1) is 9.72. The molecule has 0 bridgehead atoms. The Morgan fingerprint density at radius 3 is 2.30 bits per heavy atom. The average Bonchev–Trinajstić information content (AvgIpc) is 2.47. The number of aryl methyl sites for hydroxylation is 2. The molecular formula is C16H14O4. The molecule has 0 aliphatic carbocycles. The summed E-state index contributed by atoms with van der Waals surface area (Å²) in [6, 6.07) is 14.1. The van der Waals surface area contributed by atoms with Crippen LogP contribution in [0.5, 0.6) is 5.75 Å². The van der Waals surface area contributed by atoms with E-state index in [2.05, 4.69) is 0 Å². The second-order valence-electron chi connectivity index (χ2n) is 4.28. The van der Waals surface area contributed by atoms with Crippen molar-refractivity contribution in [1.82, 2.24) is 0 Å². The number of carboxylic acid groups (broad SMARTS) is 1. The van der Waals surface area contributed by atoms with Crippen LogP contribution in [0.1, 0.15) is 21.5 Å². The maximum Gasteiger partial charge on any atom is 0.335 e. The Morgan fingerprint density at radius 1 is 1.00 bits per heavy atom. The van der Waals surface area contributed by atoms with E-state index in [0.29, 0.717) is 30.6 Å².